The van der Waals surface area contributed by atoms with Crippen molar-refractivity contribution in [2.24, 2.45) is 5.73 Å². The summed E-state index contributed by atoms with van der Waals surface area (Å²) in [6.07, 6.45) is 0. The van der Waals surface area contributed by atoms with E-state index in [0.717, 1.165) is 4.47 Å². The third-order valence-corrected chi connectivity index (χ3v) is 2.77. The topological polar surface area (TPSA) is 55.6 Å². The molecular formula is C11H13BrN2O2S. The Morgan fingerprint density at radius 3 is 2.71 bits per heavy atom. The van der Waals surface area contributed by atoms with Gasteiger partial charge in [-0.15, -0.1) is 0 Å². The van der Waals surface area contributed by atoms with E-state index in [4.69, 9.17) is 22.7 Å². The molecule has 0 aliphatic rings. The van der Waals surface area contributed by atoms with Crippen molar-refractivity contribution in [3.63, 3.8) is 0 Å². The summed E-state index contributed by atoms with van der Waals surface area (Å²) in [6, 6.07) is 5.29. The van der Waals surface area contributed by atoms with Gasteiger partial charge in [-0.1, -0.05) is 28.1 Å². The van der Waals surface area contributed by atoms with Gasteiger partial charge >= 0.3 is 0 Å². The zero-order valence-corrected chi connectivity index (χ0v) is 12.0. The van der Waals surface area contributed by atoms with Gasteiger partial charge in [0.05, 0.1) is 5.56 Å². The van der Waals surface area contributed by atoms with E-state index in [1.165, 1.54) is 4.90 Å². The molecule has 0 saturated heterocycles. The molecule has 17 heavy (non-hydrogen) atoms. The summed E-state index contributed by atoms with van der Waals surface area (Å²) in [5.74, 6) is 0.387. The minimum absolute atomic E-state index is 0.0375. The Morgan fingerprint density at radius 2 is 2.18 bits per heavy atom. The van der Waals surface area contributed by atoms with Gasteiger partial charge in [0, 0.05) is 18.6 Å². The van der Waals surface area contributed by atoms with E-state index in [0.29, 0.717) is 11.3 Å². The lowest BCUT2D eigenvalue weighted by molar-refractivity contribution is -0.130. The summed E-state index contributed by atoms with van der Waals surface area (Å²) in [5, 5.41) is 0. The molecule has 4 nitrogen and oxygen atoms in total. The number of ether oxygens (including phenoxy) is 1. The Morgan fingerprint density at radius 1 is 1.53 bits per heavy atom. The number of rotatable bonds is 4. The van der Waals surface area contributed by atoms with Crippen LogP contribution in [0.5, 0.6) is 5.75 Å². The first kappa shape index (κ1) is 13.9. The normalized spacial score (nSPS) is 9.82. The van der Waals surface area contributed by atoms with Crippen molar-refractivity contribution in [2.75, 3.05) is 20.7 Å². The number of thiocarbonyl (C=S) groups is 1. The number of nitrogens with zero attached hydrogens (tertiary/aromatic N) is 1. The van der Waals surface area contributed by atoms with Gasteiger partial charge in [0.2, 0.25) is 0 Å². The number of carbonyl (C=O) groups excluding carboxylic acids is 1. The average Bonchev–Trinajstić information content (AvgIpc) is 2.26. The third kappa shape index (κ3) is 3.98. The van der Waals surface area contributed by atoms with Crippen LogP contribution in [0.15, 0.2) is 22.7 Å². The molecule has 2 N–H and O–H groups in total. The average molecular weight is 317 g/mol. The van der Waals surface area contributed by atoms with Crippen molar-refractivity contribution in [3.05, 3.63) is 28.2 Å². The first-order chi connectivity index (χ1) is 7.91. The number of likely N-dealkylation sites (N-methyl/N-ethyl adjacent to an activating group) is 1. The lowest BCUT2D eigenvalue weighted by Gasteiger charge is -2.13. The molecule has 1 rings (SSSR count). The highest BCUT2D eigenvalue weighted by atomic mass is 79.9. The van der Waals surface area contributed by atoms with Gasteiger partial charge in [-0.05, 0) is 18.2 Å². The number of nitrogens with two attached hydrogens (primary N) is 1. The van der Waals surface area contributed by atoms with E-state index >= 15 is 0 Å². The molecule has 0 fully saturated rings. The maximum atomic E-state index is 11.4. The number of benzene rings is 1. The molecular weight excluding hydrogens is 304 g/mol. The van der Waals surface area contributed by atoms with Crippen molar-refractivity contribution in [3.8, 4) is 5.75 Å². The molecule has 0 saturated carbocycles. The summed E-state index contributed by atoms with van der Waals surface area (Å²) >= 11 is 8.24. The first-order valence-electron chi connectivity index (χ1n) is 4.84. The smallest absolute Gasteiger partial charge is 0.259 e. The van der Waals surface area contributed by atoms with Crippen LogP contribution in [0.4, 0.5) is 0 Å². The molecule has 1 amide bonds. The number of carbonyl (C=O) groups is 1. The molecule has 0 atom stereocenters. The lowest BCUT2D eigenvalue weighted by atomic mass is 10.2. The largest absolute Gasteiger partial charge is 0.483 e. The molecule has 1 aromatic rings. The Kier molecular flexibility index (Phi) is 4.89. The number of hydrogen-bond acceptors (Lipinski definition) is 3. The van der Waals surface area contributed by atoms with Gasteiger partial charge in [-0.3, -0.25) is 4.79 Å². The highest BCUT2D eigenvalue weighted by Crippen LogP contribution is 2.23. The van der Waals surface area contributed by atoms with E-state index in [-0.39, 0.29) is 17.5 Å². The monoisotopic (exact) mass is 316 g/mol. The van der Waals surface area contributed by atoms with E-state index < -0.39 is 0 Å². The molecule has 0 bridgehead atoms. The van der Waals surface area contributed by atoms with Gasteiger partial charge in [-0.25, -0.2) is 0 Å². The summed E-state index contributed by atoms with van der Waals surface area (Å²) in [4.78, 5) is 13.1. The summed E-state index contributed by atoms with van der Waals surface area (Å²) < 4.78 is 6.25. The van der Waals surface area contributed by atoms with E-state index in [1.807, 2.05) is 0 Å². The molecule has 6 heteroatoms. The van der Waals surface area contributed by atoms with Crippen LogP contribution in [0.3, 0.4) is 0 Å². The minimum atomic E-state index is -0.123. The van der Waals surface area contributed by atoms with Crippen molar-refractivity contribution in [1.29, 1.82) is 0 Å². The number of amides is 1. The highest BCUT2D eigenvalue weighted by molar-refractivity contribution is 9.10. The van der Waals surface area contributed by atoms with Crippen LogP contribution in [0.1, 0.15) is 5.56 Å². The molecule has 0 aliphatic carbocycles. The van der Waals surface area contributed by atoms with Gasteiger partial charge in [0.25, 0.3) is 5.91 Å². The van der Waals surface area contributed by atoms with Crippen LogP contribution in [-0.4, -0.2) is 36.5 Å². The summed E-state index contributed by atoms with van der Waals surface area (Å²) in [7, 11) is 3.34. The Hall–Kier alpha value is -1.14. The van der Waals surface area contributed by atoms with Gasteiger partial charge < -0.3 is 15.4 Å². The molecule has 0 radical (unpaired) electrons. The number of halogens is 1. The Balaban J connectivity index is 2.84. The highest BCUT2D eigenvalue weighted by Gasteiger charge is 2.10. The molecule has 0 spiro atoms. The predicted molar refractivity (Wildman–Crippen MR) is 74.2 cm³/mol. The third-order valence-electron chi connectivity index (χ3n) is 2.06. The maximum absolute atomic E-state index is 11.4. The summed E-state index contributed by atoms with van der Waals surface area (Å²) in [6.45, 7) is -0.0375. The molecule has 0 unspecified atom stereocenters. The molecule has 0 aromatic heterocycles. The van der Waals surface area contributed by atoms with Gasteiger partial charge in [0.1, 0.15) is 10.7 Å². The second kappa shape index (κ2) is 5.97. The van der Waals surface area contributed by atoms with Crippen molar-refractivity contribution < 1.29 is 9.53 Å². The minimum Gasteiger partial charge on any atom is -0.483 e. The maximum Gasteiger partial charge on any atom is 0.259 e. The van der Waals surface area contributed by atoms with E-state index in [1.54, 1.807) is 32.3 Å². The first-order valence-corrected chi connectivity index (χ1v) is 6.04. The Bertz CT molecular complexity index is 449. The standard InChI is InChI=1S/C11H13BrN2O2S/c1-14(2)10(15)6-16-9-4-3-7(12)5-8(9)11(13)17/h3-5H,6H2,1-2H3,(H2,13,17). The van der Waals surface area contributed by atoms with Crippen LogP contribution in [0.2, 0.25) is 0 Å². The van der Waals surface area contributed by atoms with Crippen LogP contribution < -0.4 is 10.5 Å². The van der Waals surface area contributed by atoms with Crippen LogP contribution in [0.25, 0.3) is 0 Å². The van der Waals surface area contributed by atoms with Crippen LogP contribution in [0, 0.1) is 0 Å². The second-order valence-corrected chi connectivity index (χ2v) is 4.94. The fraction of sp³-hybridized carbons (Fsp3) is 0.273. The zero-order chi connectivity index (χ0) is 13.0. The SMILES string of the molecule is CN(C)C(=O)COc1ccc(Br)cc1C(N)=S. The fourth-order valence-corrected chi connectivity index (χ4v) is 1.61. The van der Waals surface area contributed by atoms with E-state index in [9.17, 15) is 4.79 Å². The van der Waals surface area contributed by atoms with Gasteiger partial charge in [0.15, 0.2) is 6.61 Å². The van der Waals surface area contributed by atoms with E-state index in [2.05, 4.69) is 15.9 Å². The summed E-state index contributed by atoms with van der Waals surface area (Å²) in [5.41, 5.74) is 6.20. The zero-order valence-electron chi connectivity index (χ0n) is 9.57. The predicted octanol–water partition coefficient (Wildman–Crippen LogP) is 1.55. The molecule has 1 aromatic carbocycles. The molecule has 92 valence electrons. The number of hydrogen-bond donors (Lipinski definition) is 1. The van der Waals surface area contributed by atoms with Crippen molar-refractivity contribution in [2.45, 2.75) is 0 Å². The van der Waals surface area contributed by atoms with Gasteiger partial charge in [-0.2, -0.15) is 0 Å². The van der Waals surface area contributed by atoms with Crippen LogP contribution >= 0.6 is 28.1 Å². The van der Waals surface area contributed by atoms with Crippen molar-refractivity contribution >= 4 is 39.0 Å². The van der Waals surface area contributed by atoms with Crippen molar-refractivity contribution in [1.82, 2.24) is 4.90 Å². The molecule has 0 aliphatic heterocycles. The quantitative estimate of drug-likeness (QED) is 0.856. The second-order valence-electron chi connectivity index (χ2n) is 3.58. The lowest BCUT2D eigenvalue weighted by Crippen LogP contribution is -2.28. The fourth-order valence-electron chi connectivity index (χ4n) is 1.09. The molecule has 0 heterocycles. The Labute approximate surface area is 114 Å². The van der Waals surface area contributed by atoms with Crippen LogP contribution in [-0.2, 0) is 4.79 Å².